The second-order valence-electron chi connectivity index (χ2n) is 11.5. The number of ether oxygens (including phenoxy) is 2. The molecule has 0 unspecified atom stereocenters. The Hall–Kier alpha value is -4.29. The van der Waals surface area contributed by atoms with E-state index in [4.69, 9.17) is 26.8 Å². The highest BCUT2D eigenvalue weighted by atomic mass is 35.5. The first-order valence-electron chi connectivity index (χ1n) is 14.7. The zero-order chi connectivity index (χ0) is 32.0. The second kappa shape index (κ2) is 11.9. The topological polar surface area (TPSA) is 142 Å². The molecule has 2 saturated carbocycles. The molecule has 2 fully saturated rings. The number of pyridine rings is 1. The molecule has 0 spiro atoms. The van der Waals surface area contributed by atoms with Crippen molar-refractivity contribution >= 4 is 34.3 Å². The van der Waals surface area contributed by atoms with E-state index in [0.29, 0.717) is 35.7 Å². The van der Waals surface area contributed by atoms with Crippen molar-refractivity contribution in [2.75, 3.05) is 20.3 Å². The highest BCUT2D eigenvalue weighted by Crippen LogP contribution is 2.47. The van der Waals surface area contributed by atoms with Crippen molar-refractivity contribution in [3.05, 3.63) is 70.0 Å². The summed E-state index contributed by atoms with van der Waals surface area (Å²) in [6.07, 6.45) is 4.85. The van der Waals surface area contributed by atoms with Gasteiger partial charge in [-0.1, -0.05) is 11.6 Å². The van der Waals surface area contributed by atoms with Crippen LogP contribution in [0.15, 0.2) is 36.5 Å². The van der Waals surface area contributed by atoms with E-state index in [1.54, 1.807) is 19.1 Å². The van der Waals surface area contributed by atoms with Crippen LogP contribution in [0.4, 0.5) is 8.78 Å². The number of hydrogen-bond acceptors (Lipinski definition) is 7. The molecular weight excluding hydrogens is 608 g/mol. The molecule has 2 heterocycles. The molecule has 13 heteroatoms. The second-order valence-corrected chi connectivity index (χ2v) is 11.9. The van der Waals surface area contributed by atoms with E-state index in [1.807, 2.05) is 10.9 Å². The molecule has 10 nitrogen and oxygen atoms in total. The first-order valence-corrected chi connectivity index (χ1v) is 15.1. The van der Waals surface area contributed by atoms with Gasteiger partial charge >= 0.3 is 0 Å². The smallest absolute Gasteiger partial charge is 0.251 e. The van der Waals surface area contributed by atoms with Gasteiger partial charge in [-0.25, -0.2) is 13.8 Å². The number of methoxy groups -OCH3 is 1. The molecular formula is C32H32ClF2N5O5. The van der Waals surface area contributed by atoms with Crippen molar-refractivity contribution in [3.8, 4) is 22.8 Å². The average Bonchev–Trinajstić information content (AvgIpc) is 3.93. The predicted molar refractivity (Wildman–Crippen MR) is 162 cm³/mol. The number of primary amides is 1. The number of nitrogens with zero attached hydrogens (tertiary/aromatic N) is 3. The number of carbonyl (C=O) groups excluding carboxylic acids is 2. The van der Waals surface area contributed by atoms with Gasteiger partial charge in [0.25, 0.3) is 5.91 Å². The van der Waals surface area contributed by atoms with Crippen LogP contribution in [0.1, 0.15) is 60.3 Å². The van der Waals surface area contributed by atoms with Gasteiger partial charge in [0, 0.05) is 27.7 Å². The number of fused-ring (bicyclic) bond motifs is 1. The standard InChI is InChI=1S/C32H32ClF2N5O5/c1-3-45-30-16(11-26(36)41)10-25(38-29(30)27-22(34)12-20(33)13-23(27)35)32(43,19-4-5-19)15-37-31(42)17-8-18-14-40(21-6-7-21)39-28(18)24(9-17)44-2/h8-10,12-14,19,21,43H,3-7,11,15H2,1-2H3,(H2,36,41)(H,37,42)/t32-/m1/s1. The largest absolute Gasteiger partial charge is 0.494 e. The number of aromatic nitrogens is 3. The van der Waals surface area contributed by atoms with Crippen molar-refractivity contribution < 1.29 is 33.0 Å². The van der Waals surface area contributed by atoms with E-state index >= 15 is 8.78 Å². The SMILES string of the molecule is CCOc1c(CC(N)=O)cc([C@@](O)(CNC(=O)c2cc(OC)c3nn(C4CC4)cc3c2)C2CC2)nc1-c1c(F)cc(Cl)cc1F. The van der Waals surface area contributed by atoms with Crippen molar-refractivity contribution in [2.24, 2.45) is 11.7 Å². The van der Waals surface area contributed by atoms with Gasteiger partial charge in [0.2, 0.25) is 5.91 Å². The van der Waals surface area contributed by atoms with Gasteiger partial charge in [-0.2, -0.15) is 5.10 Å². The molecule has 0 bridgehead atoms. The summed E-state index contributed by atoms with van der Waals surface area (Å²) in [4.78, 5) is 30.1. The zero-order valence-corrected chi connectivity index (χ0v) is 25.5. The Morgan fingerprint density at radius 2 is 1.87 bits per heavy atom. The van der Waals surface area contributed by atoms with Crippen LogP contribution in [-0.2, 0) is 16.8 Å². The number of halogens is 3. The van der Waals surface area contributed by atoms with Gasteiger partial charge in [0.05, 0.1) is 44.0 Å². The van der Waals surface area contributed by atoms with Crippen LogP contribution in [0.3, 0.4) is 0 Å². The van der Waals surface area contributed by atoms with Crippen molar-refractivity contribution in [1.82, 2.24) is 20.1 Å². The molecule has 4 N–H and O–H groups in total. The zero-order valence-electron chi connectivity index (χ0n) is 24.7. The Balaban J connectivity index is 1.39. The lowest BCUT2D eigenvalue weighted by Crippen LogP contribution is -2.43. The van der Waals surface area contributed by atoms with Crippen LogP contribution in [0, 0.1) is 17.6 Å². The Morgan fingerprint density at radius 3 is 2.47 bits per heavy atom. The van der Waals surface area contributed by atoms with Crippen LogP contribution in [0.5, 0.6) is 11.5 Å². The molecule has 0 aliphatic heterocycles. The summed E-state index contributed by atoms with van der Waals surface area (Å²) >= 11 is 5.87. The number of amides is 2. The summed E-state index contributed by atoms with van der Waals surface area (Å²) in [6.45, 7) is 1.48. The Bertz CT molecular complexity index is 1800. The molecule has 6 rings (SSSR count). The lowest BCUT2D eigenvalue weighted by Gasteiger charge is -2.30. The third kappa shape index (κ3) is 6.04. The number of carbonyl (C=O) groups is 2. The normalized spacial score (nSPS) is 16.0. The molecule has 45 heavy (non-hydrogen) atoms. The number of nitrogens with two attached hydrogens (primary N) is 1. The quantitative estimate of drug-likeness (QED) is 0.202. The third-order valence-corrected chi connectivity index (χ3v) is 8.37. The lowest BCUT2D eigenvalue weighted by atomic mass is 9.90. The van der Waals surface area contributed by atoms with Crippen molar-refractivity contribution in [3.63, 3.8) is 0 Å². The Kier molecular flexibility index (Phi) is 8.13. The van der Waals surface area contributed by atoms with Gasteiger partial charge in [0.1, 0.15) is 39.9 Å². The Labute approximate surface area is 262 Å². The van der Waals surface area contributed by atoms with E-state index in [1.165, 1.54) is 13.2 Å². The molecule has 2 aliphatic carbocycles. The maximum absolute atomic E-state index is 15.2. The molecule has 0 radical (unpaired) electrons. The molecule has 2 aromatic heterocycles. The number of rotatable bonds is 12. The first-order chi connectivity index (χ1) is 21.5. The lowest BCUT2D eigenvalue weighted by molar-refractivity contribution is -0.117. The number of aliphatic hydroxyl groups is 1. The molecule has 0 saturated heterocycles. The fourth-order valence-corrected chi connectivity index (χ4v) is 5.82. The van der Waals surface area contributed by atoms with Crippen LogP contribution >= 0.6 is 11.6 Å². The Morgan fingerprint density at radius 1 is 1.16 bits per heavy atom. The van der Waals surface area contributed by atoms with Gasteiger partial charge in [-0.15, -0.1) is 0 Å². The number of hydrogen-bond donors (Lipinski definition) is 3. The summed E-state index contributed by atoms with van der Waals surface area (Å²) in [5.74, 6) is -3.15. The fourth-order valence-electron chi connectivity index (χ4n) is 5.63. The molecule has 2 amide bonds. The summed E-state index contributed by atoms with van der Waals surface area (Å²) in [7, 11) is 1.50. The van der Waals surface area contributed by atoms with E-state index < -0.39 is 34.6 Å². The van der Waals surface area contributed by atoms with E-state index in [-0.39, 0.29) is 53.2 Å². The van der Waals surface area contributed by atoms with Gasteiger partial charge in [-0.3, -0.25) is 14.3 Å². The third-order valence-electron chi connectivity index (χ3n) is 8.16. The minimum atomic E-state index is -1.76. The van der Waals surface area contributed by atoms with Crippen LogP contribution in [0.2, 0.25) is 5.02 Å². The fraction of sp³-hybridized carbons (Fsp3) is 0.375. The average molecular weight is 640 g/mol. The van der Waals surface area contributed by atoms with E-state index in [9.17, 15) is 14.7 Å². The van der Waals surface area contributed by atoms with Gasteiger partial charge < -0.3 is 25.6 Å². The minimum Gasteiger partial charge on any atom is -0.494 e. The van der Waals surface area contributed by atoms with Crippen LogP contribution in [0.25, 0.3) is 22.2 Å². The van der Waals surface area contributed by atoms with Crippen LogP contribution in [-0.4, -0.2) is 51.9 Å². The van der Waals surface area contributed by atoms with E-state index in [2.05, 4.69) is 15.4 Å². The summed E-state index contributed by atoms with van der Waals surface area (Å²) in [5, 5.41) is 20.1. The summed E-state index contributed by atoms with van der Waals surface area (Å²) in [5.41, 5.74) is 4.10. The van der Waals surface area contributed by atoms with Crippen molar-refractivity contribution in [2.45, 2.75) is 50.7 Å². The maximum Gasteiger partial charge on any atom is 0.251 e. The molecule has 2 aromatic carbocycles. The monoisotopic (exact) mass is 639 g/mol. The van der Waals surface area contributed by atoms with Gasteiger partial charge in [-0.05, 0) is 68.9 Å². The summed E-state index contributed by atoms with van der Waals surface area (Å²) in [6, 6.07) is 6.95. The minimum absolute atomic E-state index is 0.00694. The van der Waals surface area contributed by atoms with Gasteiger partial charge in [0.15, 0.2) is 0 Å². The molecule has 1 atom stereocenters. The predicted octanol–water partition coefficient (Wildman–Crippen LogP) is 4.83. The first kappa shape index (κ1) is 30.7. The highest BCUT2D eigenvalue weighted by Gasteiger charge is 2.47. The molecule has 2 aliphatic rings. The molecule has 236 valence electrons. The number of nitrogens with one attached hydrogen (secondary N) is 1. The molecule has 4 aromatic rings. The van der Waals surface area contributed by atoms with Crippen LogP contribution < -0.4 is 20.5 Å². The maximum atomic E-state index is 15.2. The highest BCUT2D eigenvalue weighted by molar-refractivity contribution is 6.30. The van der Waals surface area contributed by atoms with E-state index in [0.717, 1.165) is 30.4 Å². The number of benzene rings is 2. The summed E-state index contributed by atoms with van der Waals surface area (Å²) < 4.78 is 43.6. The van der Waals surface area contributed by atoms with Crippen molar-refractivity contribution in [1.29, 1.82) is 0 Å².